The summed E-state index contributed by atoms with van der Waals surface area (Å²) in [5, 5.41) is 13.5. The van der Waals surface area contributed by atoms with Crippen LogP contribution in [0.2, 0.25) is 0 Å². The minimum absolute atomic E-state index is 0.0972. The van der Waals surface area contributed by atoms with E-state index in [-0.39, 0.29) is 6.04 Å². The molecule has 2 rings (SSSR count). The largest absolute Gasteiger partial charge is 0.508 e. The molecule has 20 heavy (non-hydrogen) atoms. The lowest BCUT2D eigenvalue weighted by molar-refractivity contribution is 0.462. The highest BCUT2D eigenvalue weighted by molar-refractivity contribution is 9.10. The standard InChI is InChI=1S/C17H20BrNO/c1-3-12-5-8-14(9-6-12)19-16(4-2)15-11-13(18)7-10-17(15)20/h5-11,16,19-20H,3-4H2,1-2H3. The molecule has 0 aliphatic carbocycles. The van der Waals surface area contributed by atoms with E-state index in [1.165, 1.54) is 5.56 Å². The first-order valence-electron chi connectivity index (χ1n) is 6.98. The van der Waals surface area contributed by atoms with Gasteiger partial charge in [0.15, 0.2) is 0 Å². The Balaban J connectivity index is 2.21. The fourth-order valence-corrected chi connectivity index (χ4v) is 2.62. The van der Waals surface area contributed by atoms with Crippen LogP contribution in [0.15, 0.2) is 46.9 Å². The molecular formula is C17H20BrNO. The molecule has 0 heterocycles. The van der Waals surface area contributed by atoms with E-state index in [2.05, 4.69) is 59.4 Å². The van der Waals surface area contributed by atoms with E-state index in [4.69, 9.17) is 0 Å². The van der Waals surface area contributed by atoms with E-state index < -0.39 is 0 Å². The maximum Gasteiger partial charge on any atom is 0.120 e. The Labute approximate surface area is 129 Å². The van der Waals surface area contributed by atoms with E-state index in [0.717, 1.165) is 28.6 Å². The number of rotatable bonds is 5. The van der Waals surface area contributed by atoms with Crippen LogP contribution in [-0.4, -0.2) is 5.11 Å². The van der Waals surface area contributed by atoms with E-state index in [0.29, 0.717) is 5.75 Å². The van der Waals surface area contributed by atoms with Gasteiger partial charge < -0.3 is 10.4 Å². The van der Waals surface area contributed by atoms with Crippen molar-refractivity contribution in [2.24, 2.45) is 0 Å². The van der Waals surface area contributed by atoms with Gasteiger partial charge in [-0.2, -0.15) is 0 Å². The van der Waals surface area contributed by atoms with Crippen LogP contribution in [0.4, 0.5) is 5.69 Å². The van der Waals surface area contributed by atoms with Crippen molar-refractivity contribution in [2.45, 2.75) is 32.7 Å². The number of phenolic OH excluding ortho intramolecular Hbond substituents is 1. The molecule has 0 amide bonds. The molecular weight excluding hydrogens is 314 g/mol. The van der Waals surface area contributed by atoms with E-state index in [1.54, 1.807) is 6.07 Å². The first-order valence-corrected chi connectivity index (χ1v) is 7.77. The number of halogens is 1. The quantitative estimate of drug-likeness (QED) is 0.780. The number of aryl methyl sites for hydroxylation is 1. The lowest BCUT2D eigenvalue weighted by atomic mass is 10.0. The predicted octanol–water partition coefficient (Wildman–Crippen LogP) is 5.28. The lowest BCUT2D eigenvalue weighted by Crippen LogP contribution is -2.10. The Hall–Kier alpha value is -1.48. The molecule has 2 aromatic carbocycles. The molecule has 0 bridgehead atoms. The molecule has 0 saturated heterocycles. The number of phenols is 1. The highest BCUT2D eigenvalue weighted by Crippen LogP contribution is 2.31. The minimum Gasteiger partial charge on any atom is -0.508 e. The average Bonchev–Trinajstić information content (AvgIpc) is 2.48. The fourth-order valence-electron chi connectivity index (χ4n) is 2.24. The number of hydrogen-bond acceptors (Lipinski definition) is 2. The lowest BCUT2D eigenvalue weighted by Gasteiger charge is -2.20. The second-order valence-corrected chi connectivity index (χ2v) is 5.77. The van der Waals surface area contributed by atoms with Crippen LogP contribution in [0, 0.1) is 0 Å². The normalized spacial score (nSPS) is 12.2. The molecule has 2 N–H and O–H groups in total. The Morgan fingerprint density at radius 2 is 1.80 bits per heavy atom. The number of hydrogen-bond donors (Lipinski definition) is 2. The summed E-state index contributed by atoms with van der Waals surface area (Å²) < 4.78 is 0.979. The number of nitrogens with one attached hydrogen (secondary N) is 1. The summed E-state index contributed by atoms with van der Waals surface area (Å²) in [6.07, 6.45) is 1.95. The molecule has 0 aromatic heterocycles. The Bertz CT molecular complexity index is 566. The van der Waals surface area contributed by atoms with Gasteiger partial charge in [-0.25, -0.2) is 0 Å². The van der Waals surface area contributed by atoms with Gasteiger partial charge >= 0.3 is 0 Å². The first kappa shape index (κ1) is 14.9. The molecule has 0 fully saturated rings. The summed E-state index contributed by atoms with van der Waals surface area (Å²) >= 11 is 3.46. The summed E-state index contributed by atoms with van der Waals surface area (Å²) in [5.41, 5.74) is 3.32. The number of benzene rings is 2. The topological polar surface area (TPSA) is 32.3 Å². The van der Waals surface area contributed by atoms with Crippen LogP contribution in [0.1, 0.15) is 37.4 Å². The van der Waals surface area contributed by atoms with Crippen molar-refractivity contribution >= 4 is 21.6 Å². The van der Waals surface area contributed by atoms with E-state index in [9.17, 15) is 5.11 Å². The van der Waals surface area contributed by atoms with Gasteiger partial charge in [0.2, 0.25) is 0 Å². The molecule has 0 aliphatic heterocycles. The Morgan fingerprint density at radius 1 is 1.10 bits per heavy atom. The first-order chi connectivity index (χ1) is 9.63. The van der Waals surface area contributed by atoms with Crippen molar-refractivity contribution in [3.05, 3.63) is 58.1 Å². The van der Waals surface area contributed by atoms with Crippen LogP contribution >= 0.6 is 15.9 Å². The van der Waals surface area contributed by atoms with Gasteiger partial charge in [0, 0.05) is 15.7 Å². The van der Waals surface area contributed by atoms with Crippen LogP contribution < -0.4 is 5.32 Å². The van der Waals surface area contributed by atoms with E-state index >= 15 is 0 Å². The van der Waals surface area contributed by atoms with Gasteiger partial charge in [0.05, 0.1) is 6.04 Å². The second kappa shape index (κ2) is 6.80. The van der Waals surface area contributed by atoms with Crippen molar-refractivity contribution in [3.63, 3.8) is 0 Å². The van der Waals surface area contributed by atoms with Gasteiger partial charge in [0.25, 0.3) is 0 Å². The third-order valence-electron chi connectivity index (χ3n) is 3.48. The highest BCUT2D eigenvalue weighted by atomic mass is 79.9. The van der Waals surface area contributed by atoms with Gasteiger partial charge in [-0.15, -0.1) is 0 Å². The summed E-state index contributed by atoms with van der Waals surface area (Å²) in [6, 6.07) is 14.1. The van der Waals surface area contributed by atoms with Crippen LogP contribution in [0.5, 0.6) is 5.75 Å². The third kappa shape index (κ3) is 3.54. The van der Waals surface area contributed by atoms with Crippen molar-refractivity contribution in [3.8, 4) is 5.75 Å². The summed E-state index contributed by atoms with van der Waals surface area (Å²) in [4.78, 5) is 0. The van der Waals surface area contributed by atoms with Crippen molar-refractivity contribution in [2.75, 3.05) is 5.32 Å². The van der Waals surface area contributed by atoms with Crippen molar-refractivity contribution < 1.29 is 5.11 Å². The smallest absolute Gasteiger partial charge is 0.120 e. The van der Waals surface area contributed by atoms with E-state index in [1.807, 2.05) is 12.1 Å². The number of aromatic hydroxyl groups is 1. The molecule has 0 aliphatic rings. The molecule has 0 radical (unpaired) electrons. The highest BCUT2D eigenvalue weighted by Gasteiger charge is 2.13. The predicted molar refractivity (Wildman–Crippen MR) is 88.3 cm³/mol. The van der Waals surface area contributed by atoms with Crippen molar-refractivity contribution in [1.29, 1.82) is 0 Å². The molecule has 0 saturated carbocycles. The Morgan fingerprint density at radius 3 is 2.40 bits per heavy atom. The molecule has 106 valence electrons. The van der Waals surface area contributed by atoms with Gasteiger partial charge in [-0.05, 0) is 48.7 Å². The summed E-state index contributed by atoms with van der Waals surface area (Å²) in [5.74, 6) is 0.331. The molecule has 3 heteroatoms. The second-order valence-electron chi connectivity index (χ2n) is 4.86. The SMILES string of the molecule is CCc1ccc(NC(CC)c2cc(Br)ccc2O)cc1. The van der Waals surface area contributed by atoms with Gasteiger partial charge in [-0.3, -0.25) is 0 Å². The number of anilines is 1. The van der Waals surface area contributed by atoms with Crippen LogP contribution in [0.3, 0.4) is 0 Å². The molecule has 2 nitrogen and oxygen atoms in total. The zero-order valence-corrected chi connectivity index (χ0v) is 13.4. The molecule has 1 atom stereocenters. The summed E-state index contributed by atoms with van der Waals surface area (Å²) in [6.45, 7) is 4.26. The summed E-state index contributed by atoms with van der Waals surface area (Å²) in [7, 11) is 0. The molecule has 2 aromatic rings. The van der Waals surface area contributed by atoms with Crippen LogP contribution in [-0.2, 0) is 6.42 Å². The Kier molecular flexibility index (Phi) is 5.07. The van der Waals surface area contributed by atoms with Gasteiger partial charge in [0.1, 0.15) is 5.75 Å². The molecule has 0 spiro atoms. The molecule has 1 unspecified atom stereocenters. The maximum absolute atomic E-state index is 10.0. The average molecular weight is 334 g/mol. The minimum atomic E-state index is 0.0972. The third-order valence-corrected chi connectivity index (χ3v) is 3.97. The monoisotopic (exact) mass is 333 g/mol. The fraction of sp³-hybridized carbons (Fsp3) is 0.294. The van der Waals surface area contributed by atoms with Crippen LogP contribution in [0.25, 0.3) is 0 Å². The van der Waals surface area contributed by atoms with Crippen molar-refractivity contribution in [1.82, 2.24) is 0 Å². The zero-order chi connectivity index (χ0) is 14.5. The maximum atomic E-state index is 10.0. The van der Waals surface area contributed by atoms with Gasteiger partial charge in [-0.1, -0.05) is 41.9 Å². The zero-order valence-electron chi connectivity index (χ0n) is 11.9.